The Balaban J connectivity index is 1.44. The maximum atomic E-state index is 12.9. The number of pyridine rings is 1. The molecular weight excluding hydrogens is 418 g/mol. The number of nitrogens with one attached hydrogen (secondary N) is 2. The van der Waals surface area contributed by atoms with Crippen LogP contribution in [-0.2, 0) is 17.9 Å². The fraction of sp³-hybridized carbons (Fsp3) is 0.0952. The number of aromatic nitrogens is 5. The highest BCUT2D eigenvalue weighted by atomic mass is 32.1. The predicted octanol–water partition coefficient (Wildman–Crippen LogP) is 2.43. The molecule has 0 amide bonds. The molecule has 4 heterocycles. The number of thiophene rings is 1. The average Bonchev–Trinajstić information content (AvgIpc) is 3.39. The molecule has 4 aromatic heterocycles. The molecule has 0 saturated carbocycles. The summed E-state index contributed by atoms with van der Waals surface area (Å²) >= 11 is 1.01. The Hall–Kier alpha value is -4.05. The van der Waals surface area contributed by atoms with E-state index in [1.165, 1.54) is 6.07 Å². The SMILES string of the molecule is O=C(OCc1ccccc1)c1cc2c(=O)n(Cc3nc4ncccc4[nH]3)c(=O)[nH]c2s1. The Morgan fingerprint density at radius 1 is 1.10 bits per heavy atom. The van der Waals surface area contributed by atoms with Gasteiger partial charge in [0.25, 0.3) is 5.56 Å². The van der Waals surface area contributed by atoms with Crippen LogP contribution < -0.4 is 11.2 Å². The molecule has 154 valence electrons. The fourth-order valence-corrected chi connectivity index (χ4v) is 4.14. The van der Waals surface area contributed by atoms with Crippen molar-refractivity contribution < 1.29 is 9.53 Å². The number of hydrogen-bond donors (Lipinski definition) is 2. The van der Waals surface area contributed by atoms with E-state index in [0.717, 1.165) is 21.5 Å². The van der Waals surface area contributed by atoms with Crippen molar-refractivity contribution in [2.24, 2.45) is 0 Å². The summed E-state index contributed by atoms with van der Waals surface area (Å²) in [5.41, 5.74) is 0.972. The van der Waals surface area contributed by atoms with E-state index >= 15 is 0 Å². The van der Waals surface area contributed by atoms with E-state index in [0.29, 0.717) is 21.8 Å². The van der Waals surface area contributed by atoms with Crippen LogP contribution in [0, 0.1) is 0 Å². The Morgan fingerprint density at radius 3 is 2.74 bits per heavy atom. The van der Waals surface area contributed by atoms with Gasteiger partial charge in [-0.15, -0.1) is 11.3 Å². The first-order valence-corrected chi connectivity index (χ1v) is 10.2. The van der Waals surface area contributed by atoms with E-state index in [2.05, 4.69) is 19.9 Å². The number of imidazole rings is 1. The number of benzene rings is 1. The summed E-state index contributed by atoms with van der Waals surface area (Å²) in [6.07, 6.45) is 1.61. The average molecular weight is 433 g/mol. The van der Waals surface area contributed by atoms with Crippen LogP contribution in [0.4, 0.5) is 0 Å². The Bertz CT molecular complexity index is 1500. The zero-order chi connectivity index (χ0) is 21.4. The minimum absolute atomic E-state index is 0.0515. The quantitative estimate of drug-likeness (QED) is 0.411. The number of ether oxygens (including phenoxy) is 1. The third-order valence-corrected chi connectivity index (χ3v) is 5.73. The molecule has 2 N–H and O–H groups in total. The first-order chi connectivity index (χ1) is 15.1. The maximum Gasteiger partial charge on any atom is 0.348 e. The van der Waals surface area contributed by atoms with Crippen LogP contribution in [0.1, 0.15) is 21.1 Å². The molecule has 5 aromatic rings. The third kappa shape index (κ3) is 3.64. The second-order valence-corrected chi connectivity index (χ2v) is 7.85. The van der Waals surface area contributed by atoms with Crippen molar-refractivity contribution >= 4 is 38.7 Å². The number of hydrogen-bond acceptors (Lipinski definition) is 7. The first-order valence-electron chi connectivity index (χ1n) is 9.36. The number of rotatable bonds is 5. The molecule has 0 saturated heterocycles. The van der Waals surface area contributed by atoms with Gasteiger partial charge in [0.05, 0.1) is 17.4 Å². The molecule has 0 spiro atoms. The Kier molecular flexibility index (Phi) is 4.68. The summed E-state index contributed by atoms with van der Waals surface area (Å²) in [5, 5.41) is 0.241. The van der Waals surface area contributed by atoms with Crippen LogP contribution in [0.25, 0.3) is 21.4 Å². The van der Waals surface area contributed by atoms with Crippen LogP contribution in [0.15, 0.2) is 64.3 Å². The second kappa shape index (κ2) is 7.65. The molecule has 0 aliphatic heterocycles. The number of esters is 1. The van der Waals surface area contributed by atoms with E-state index in [9.17, 15) is 14.4 Å². The van der Waals surface area contributed by atoms with Gasteiger partial charge >= 0.3 is 11.7 Å². The van der Waals surface area contributed by atoms with Gasteiger partial charge in [0.2, 0.25) is 0 Å². The van der Waals surface area contributed by atoms with E-state index in [4.69, 9.17) is 4.74 Å². The summed E-state index contributed by atoms with van der Waals surface area (Å²) in [4.78, 5) is 52.6. The second-order valence-electron chi connectivity index (χ2n) is 6.79. The van der Waals surface area contributed by atoms with Gasteiger partial charge in [-0.25, -0.2) is 19.6 Å². The highest BCUT2D eigenvalue weighted by molar-refractivity contribution is 7.20. The van der Waals surface area contributed by atoms with E-state index in [1.54, 1.807) is 18.3 Å². The summed E-state index contributed by atoms with van der Waals surface area (Å²) in [6.45, 7) is 0.0683. The number of nitrogens with zero attached hydrogens (tertiary/aromatic N) is 3. The highest BCUT2D eigenvalue weighted by Crippen LogP contribution is 2.21. The molecule has 0 fully saturated rings. The molecule has 0 radical (unpaired) electrons. The minimum Gasteiger partial charge on any atom is -0.457 e. The lowest BCUT2D eigenvalue weighted by Crippen LogP contribution is -2.35. The number of carbonyl (C=O) groups excluding carboxylic acids is 1. The van der Waals surface area contributed by atoms with Crippen molar-refractivity contribution in [3.8, 4) is 0 Å². The smallest absolute Gasteiger partial charge is 0.348 e. The molecule has 5 rings (SSSR count). The van der Waals surface area contributed by atoms with Gasteiger partial charge in [-0.3, -0.25) is 14.3 Å². The van der Waals surface area contributed by atoms with Gasteiger partial charge < -0.3 is 9.72 Å². The number of fused-ring (bicyclic) bond motifs is 2. The largest absolute Gasteiger partial charge is 0.457 e. The van der Waals surface area contributed by atoms with Crippen LogP contribution in [0.2, 0.25) is 0 Å². The monoisotopic (exact) mass is 433 g/mol. The van der Waals surface area contributed by atoms with Crippen LogP contribution >= 0.6 is 11.3 Å². The van der Waals surface area contributed by atoms with Crippen LogP contribution in [0.3, 0.4) is 0 Å². The van der Waals surface area contributed by atoms with Gasteiger partial charge in [-0.2, -0.15) is 0 Å². The van der Waals surface area contributed by atoms with Crippen LogP contribution in [0.5, 0.6) is 0 Å². The van der Waals surface area contributed by atoms with Gasteiger partial charge in [0.1, 0.15) is 22.1 Å². The molecule has 0 unspecified atom stereocenters. The normalized spacial score (nSPS) is 11.2. The predicted molar refractivity (Wildman–Crippen MR) is 115 cm³/mol. The summed E-state index contributed by atoms with van der Waals surface area (Å²) in [7, 11) is 0. The highest BCUT2D eigenvalue weighted by Gasteiger charge is 2.17. The molecule has 10 heteroatoms. The molecule has 1 aromatic carbocycles. The summed E-state index contributed by atoms with van der Waals surface area (Å²) < 4.78 is 6.36. The molecule has 0 aliphatic carbocycles. The molecule has 0 bridgehead atoms. The van der Waals surface area contributed by atoms with Crippen molar-refractivity contribution in [1.82, 2.24) is 24.5 Å². The van der Waals surface area contributed by atoms with Crippen LogP contribution in [-0.4, -0.2) is 30.5 Å². The lowest BCUT2D eigenvalue weighted by molar-refractivity contribution is 0.0478. The van der Waals surface area contributed by atoms with Crippen molar-refractivity contribution in [2.75, 3.05) is 0 Å². The number of H-pyrrole nitrogens is 2. The molecule has 0 aliphatic rings. The Labute approximate surface area is 178 Å². The van der Waals surface area contributed by atoms with Crippen molar-refractivity contribution in [2.45, 2.75) is 13.2 Å². The molecule has 0 atom stereocenters. The molecular formula is C21H15N5O4S. The standard InChI is InChI=1S/C21H15N5O4S/c27-19-13-9-15(20(28)30-11-12-5-2-1-3-6-12)31-18(13)25-21(29)26(19)10-16-23-14-7-4-8-22-17(14)24-16/h1-9H,10-11H2,(H,25,29)(H,22,23,24). The zero-order valence-corrected chi connectivity index (χ0v) is 16.8. The van der Waals surface area contributed by atoms with E-state index < -0.39 is 17.2 Å². The number of aromatic amines is 2. The summed E-state index contributed by atoms with van der Waals surface area (Å²) in [5.74, 6) is -0.126. The van der Waals surface area contributed by atoms with Gasteiger partial charge in [-0.1, -0.05) is 30.3 Å². The molecule has 31 heavy (non-hydrogen) atoms. The lowest BCUT2D eigenvalue weighted by atomic mass is 10.2. The topological polar surface area (TPSA) is 123 Å². The van der Waals surface area contributed by atoms with Gasteiger partial charge in [-0.05, 0) is 23.8 Å². The van der Waals surface area contributed by atoms with Gasteiger partial charge in [0.15, 0.2) is 5.65 Å². The van der Waals surface area contributed by atoms with Crippen molar-refractivity contribution in [3.63, 3.8) is 0 Å². The van der Waals surface area contributed by atoms with Crippen molar-refractivity contribution in [1.29, 1.82) is 0 Å². The van der Waals surface area contributed by atoms with Crippen molar-refractivity contribution in [3.05, 3.63) is 91.8 Å². The van der Waals surface area contributed by atoms with E-state index in [-0.39, 0.29) is 23.4 Å². The lowest BCUT2D eigenvalue weighted by Gasteiger charge is -2.02. The molecule has 9 nitrogen and oxygen atoms in total. The fourth-order valence-electron chi connectivity index (χ4n) is 3.20. The summed E-state index contributed by atoms with van der Waals surface area (Å²) in [6, 6.07) is 14.3. The minimum atomic E-state index is -0.586. The first kappa shape index (κ1) is 18.9. The Morgan fingerprint density at radius 2 is 1.94 bits per heavy atom. The number of carbonyl (C=O) groups is 1. The van der Waals surface area contributed by atoms with E-state index in [1.807, 2.05) is 30.3 Å². The third-order valence-electron chi connectivity index (χ3n) is 4.70. The zero-order valence-electron chi connectivity index (χ0n) is 16.0. The maximum absolute atomic E-state index is 12.9. The van der Waals surface area contributed by atoms with Gasteiger partial charge in [0, 0.05) is 6.20 Å².